The molecule has 1 aromatic carbocycles. The molecule has 1 heterocycles. The second kappa shape index (κ2) is 6.35. The van der Waals surface area contributed by atoms with Crippen LogP contribution in [-0.4, -0.2) is 30.3 Å². The minimum Gasteiger partial charge on any atom is -0.484 e. The van der Waals surface area contributed by atoms with Gasteiger partial charge >= 0.3 is 6.18 Å². The molecule has 1 aliphatic heterocycles. The van der Waals surface area contributed by atoms with Crippen LogP contribution in [0.2, 0.25) is 0 Å². The minimum absolute atomic E-state index is 0.310. The van der Waals surface area contributed by atoms with Gasteiger partial charge < -0.3 is 4.74 Å². The van der Waals surface area contributed by atoms with E-state index in [4.69, 9.17) is 4.74 Å². The molecule has 1 atom stereocenters. The van der Waals surface area contributed by atoms with Crippen molar-refractivity contribution in [1.82, 2.24) is 4.90 Å². The van der Waals surface area contributed by atoms with Gasteiger partial charge in [-0.3, -0.25) is 4.90 Å². The van der Waals surface area contributed by atoms with Gasteiger partial charge in [-0.05, 0) is 44.5 Å². The number of halogens is 4. The molecule has 0 saturated carbocycles. The standard InChI is InChI=1S/C14H17BrF3NO/c1-10-3-2-6-19(10)8-11-7-12(15)4-5-13(11)20-9-14(16,17)18/h4-5,7,10H,2-3,6,8-9H2,1H3. The van der Waals surface area contributed by atoms with Crippen LogP contribution in [0, 0.1) is 0 Å². The van der Waals surface area contributed by atoms with Crippen LogP contribution in [0.1, 0.15) is 25.3 Å². The first kappa shape index (κ1) is 15.6. The van der Waals surface area contributed by atoms with Gasteiger partial charge in [0.05, 0.1) is 0 Å². The summed E-state index contributed by atoms with van der Waals surface area (Å²) in [5, 5.41) is 0. The van der Waals surface area contributed by atoms with E-state index in [-0.39, 0.29) is 0 Å². The zero-order valence-corrected chi connectivity index (χ0v) is 12.8. The molecule has 112 valence electrons. The molecule has 0 aliphatic carbocycles. The zero-order valence-electron chi connectivity index (χ0n) is 11.2. The van der Waals surface area contributed by atoms with Gasteiger partial charge in [0.15, 0.2) is 6.61 Å². The topological polar surface area (TPSA) is 12.5 Å². The Morgan fingerprint density at radius 1 is 1.40 bits per heavy atom. The molecule has 0 bridgehead atoms. The lowest BCUT2D eigenvalue weighted by atomic mass is 10.1. The first-order chi connectivity index (χ1) is 9.35. The molecule has 1 aromatic rings. The summed E-state index contributed by atoms with van der Waals surface area (Å²) in [6.07, 6.45) is -2.05. The van der Waals surface area contributed by atoms with Crippen LogP contribution >= 0.6 is 15.9 Å². The molecule has 0 radical (unpaired) electrons. The first-order valence-electron chi connectivity index (χ1n) is 6.57. The molecule has 6 heteroatoms. The average molecular weight is 352 g/mol. The van der Waals surface area contributed by atoms with Crippen molar-refractivity contribution in [3.63, 3.8) is 0 Å². The van der Waals surface area contributed by atoms with E-state index in [1.807, 2.05) is 6.07 Å². The summed E-state index contributed by atoms with van der Waals surface area (Å²) < 4.78 is 42.6. The van der Waals surface area contributed by atoms with Gasteiger partial charge in [0.1, 0.15) is 5.75 Å². The number of hydrogen-bond acceptors (Lipinski definition) is 2. The fraction of sp³-hybridized carbons (Fsp3) is 0.571. The van der Waals surface area contributed by atoms with Crippen molar-refractivity contribution in [2.75, 3.05) is 13.2 Å². The Balaban J connectivity index is 2.11. The molecule has 1 fully saturated rings. The van der Waals surface area contributed by atoms with Crippen molar-refractivity contribution in [1.29, 1.82) is 0 Å². The second-order valence-electron chi connectivity index (χ2n) is 5.12. The third kappa shape index (κ3) is 4.38. The number of ether oxygens (including phenoxy) is 1. The van der Waals surface area contributed by atoms with Gasteiger partial charge in [-0.25, -0.2) is 0 Å². The maximum absolute atomic E-state index is 12.3. The average Bonchev–Trinajstić information content (AvgIpc) is 2.73. The molecule has 0 N–H and O–H groups in total. The Morgan fingerprint density at radius 3 is 2.75 bits per heavy atom. The van der Waals surface area contributed by atoms with E-state index in [0.717, 1.165) is 29.4 Å². The SMILES string of the molecule is CC1CCCN1Cc1cc(Br)ccc1OCC(F)(F)F. The summed E-state index contributed by atoms with van der Waals surface area (Å²) >= 11 is 3.36. The van der Waals surface area contributed by atoms with E-state index < -0.39 is 12.8 Å². The molecule has 0 aromatic heterocycles. The van der Waals surface area contributed by atoms with Crippen molar-refractivity contribution >= 4 is 15.9 Å². The normalized spacial score (nSPS) is 20.4. The Hall–Kier alpha value is -0.750. The molecular weight excluding hydrogens is 335 g/mol. The molecule has 2 rings (SSSR count). The maximum Gasteiger partial charge on any atom is 0.422 e. The molecule has 1 unspecified atom stereocenters. The highest BCUT2D eigenvalue weighted by Gasteiger charge is 2.29. The van der Waals surface area contributed by atoms with Gasteiger partial charge in [0, 0.05) is 22.6 Å². The summed E-state index contributed by atoms with van der Waals surface area (Å²) in [6.45, 7) is 2.48. The van der Waals surface area contributed by atoms with E-state index in [0.29, 0.717) is 18.3 Å². The van der Waals surface area contributed by atoms with E-state index in [1.54, 1.807) is 12.1 Å². The highest BCUT2D eigenvalue weighted by atomic mass is 79.9. The highest BCUT2D eigenvalue weighted by Crippen LogP contribution is 2.29. The quantitative estimate of drug-likeness (QED) is 0.798. The molecule has 1 saturated heterocycles. The van der Waals surface area contributed by atoms with Crippen LogP contribution in [0.5, 0.6) is 5.75 Å². The van der Waals surface area contributed by atoms with Gasteiger partial charge in [-0.15, -0.1) is 0 Å². The second-order valence-corrected chi connectivity index (χ2v) is 6.03. The van der Waals surface area contributed by atoms with Gasteiger partial charge in [0.2, 0.25) is 0 Å². The summed E-state index contributed by atoms with van der Waals surface area (Å²) in [7, 11) is 0. The van der Waals surface area contributed by atoms with Crippen molar-refractivity contribution in [3.8, 4) is 5.75 Å². The smallest absolute Gasteiger partial charge is 0.422 e. The Morgan fingerprint density at radius 2 is 2.15 bits per heavy atom. The molecule has 20 heavy (non-hydrogen) atoms. The molecule has 0 amide bonds. The van der Waals surface area contributed by atoms with Crippen molar-refractivity contribution in [2.45, 2.75) is 38.5 Å². The third-order valence-electron chi connectivity index (χ3n) is 3.48. The summed E-state index contributed by atoms with van der Waals surface area (Å²) in [5.74, 6) is 0.310. The van der Waals surface area contributed by atoms with Crippen LogP contribution in [-0.2, 0) is 6.54 Å². The number of alkyl halides is 3. The maximum atomic E-state index is 12.3. The largest absolute Gasteiger partial charge is 0.484 e. The Bertz CT molecular complexity index is 464. The van der Waals surface area contributed by atoms with Crippen molar-refractivity contribution in [2.24, 2.45) is 0 Å². The van der Waals surface area contributed by atoms with Crippen molar-refractivity contribution in [3.05, 3.63) is 28.2 Å². The lowest BCUT2D eigenvalue weighted by molar-refractivity contribution is -0.153. The predicted octanol–water partition coefficient (Wildman–Crippen LogP) is 4.37. The lowest BCUT2D eigenvalue weighted by Gasteiger charge is -2.23. The van der Waals surface area contributed by atoms with Crippen LogP contribution in [0.25, 0.3) is 0 Å². The fourth-order valence-corrected chi connectivity index (χ4v) is 2.83. The van der Waals surface area contributed by atoms with E-state index in [2.05, 4.69) is 27.8 Å². The van der Waals surface area contributed by atoms with Crippen LogP contribution in [0.4, 0.5) is 13.2 Å². The number of hydrogen-bond donors (Lipinski definition) is 0. The number of nitrogens with zero attached hydrogens (tertiary/aromatic N) is 1. The summed E-state index contributed by atoms with van der Waals surface area (Å²) in [4.78, 5) is 2.27. The molecule has 0 spiro atoms. The Kier molecular flexibility index (Phi) is 4.96. The van der Waals surface area contributed by atoms with Crippen LogP contribution < -0.4 is 4.74 Å². The van der Waals surface area contributed by atoms with E-state index in [9.17, 15) is 13.2 Å². The summed E-state index contributed by atoms with van der Waals surface area (Å²) in [6, 6.07) is 5.58. The first-order valence-corrected chi connectivity index (χ1v) is 7.36. The number of likely N-dealkylation sites (tertiary alicyclic amines) is 1. The Labute approximate surface area is 125 Å². The lowest BCUT2D eigenvalue weighted by Crippen LogP contribution is -2.27. The fourth-order valence-electron chi connectivity index (χ4n) is 2.42. The van der Waals surface area contributed by atoms with E-state index >= 15 is 0 Å². The molecule has 1 aliphatic rings. The highest BCUT2D eigenvalue weighted by molar-refractivity contribution is 9.10. The number of benzene rings is 1. The number of rotatable bonds is 4. The van der Waals surface area contributed by atoms with Crippen LogP contribution in [0.3, 0.4) is 0 Å². The summed E-state index contributed by atoms with van der Waals surface area (Å²) in [5.41, 5.74) is 0.789. The van der Waals surface area contributed by atoms with Crippen LogP contribution in [0.15, 0.2) is 22.7 Å². The van der Waals surface area contributed by atoms with Gasteiger partial charge in [-0.2, -0.15) is 13.2 Å². The van der Waals surface area contributed by atoms with Gasteiger partial charge in [-0.1, -0.05) is 15.9 Å². The van der Waals surface area contributed by atoms with Gasteiger partial charge in [0.25, 0.3) is 0 Å². The molecular formula is C14H17BrF3NO. The molecule has 2 nitrogen and oxygen atoms in total. The monoisotopic (exact) mass is 351 g/mol. The third-order valence-corrected chi connectivity index (χ3v) is 3.97. The zero-order chi connectivity index (χ0) is 14.8. The minimum atomic E-state index is -4.31. The predicted molar refractivity (Wildman–Crippen MR) is 74.8 cm³/mol. The van der Waals surface area contributed by atoms with E-state index in [1.165, 1.54) is 0 Å². The van der Waals surface area contributed by atoms with Crippen molar-refractivity contribution < 1.29 is 17.9 Å².